The van der Waals surface area contributed by atoms with Crippen molar-refractivity contribution in [3.8, 4) is 11.5 Å². The monoisotopic (exact) mass is 276 g/mol. The highest BCUT2D eigenvalue weighted by atomic mass is 16.3. The number of nitrogens with one attached hydrogen (secondary N) is 1. The minimum Gasteiger partial charge on any atom is -0.435 e. The van der Waals surface area contributed by atoms with Crippen LogP contribution in [0.1, 0.15) is 5.56 Å². The van der Waals surface area contributed by atoms with Gasteiger partial charge in [-0.3, -0.25) is 4.79 Å². The van der Waals surface area contributed by atoms with E-state index in [9.17, 15) is 4.79 Å². The Labute approximate surface area is 120 Å². The maximum absolute atomic E-state index is 12.1. The van der Waals surface area contributed by atoms with E-state index < -0.39 is 0 Å². The second-order valence-electron chi connectivity index (χ2n) is 5.06. The van der Waals surface area contributed by atoms with E-state index in [1.165, 1.54) is 0 Å². The van der Waals surface area contributed by atoms with E-state index in [0.29, 0.717) is 17.0 Å². The molecule has 4 nitrogen and oxygen atoms in total. The third kappa shape index (κ3) is 1.84. The standard InChI is InChI=1S/C17H12N2O2/c1-10-6-8-11(9-7-10)17-19-14-15(21-17)12-4-2-3-5-13(12)18-16(14)20/h2-9H,1H3,(H,18,20). The molecule has 0 aliphatic carbocycles. The number of benzene rings is 2. The summed E-state index contributed by atoms with van der Waals surface area (Å²) in [4.78, 5) is 19.3. The van der Waals surface area contributed by atoms with E-state index in [2.05, 4.69) is 9.97 Å². The third-order valence-electron chi connectivity index (χ3n) is 3.56. The van der Waals surface area contributed by atoms with Crippen molar-refractivity contribution in [2.24, 2.45) is 0 Å². The second kappa shape index (κ2) is 4.31. The normalized spacial score (nSPS) is 11.3. The molecule has 0 atom stereocenters. The van der Waals surface area contributed by atoms with Gasteiger partial charge in [0.05, 0.1) is 5.52 Å². The number of pyridine rings is 1. The Morgan fingerprint density at radius 3 is 2.62 bits per heavy atom. The van der Waals surface area contributed by atoms with Crippen LogP contribution < -0.4 is 5.56 Å². The van der Waals surface area contributed by atoms with Crippen LogP contribution >= 0.6 is 0 Å². The van der Waals surface area contributed by atoms with Gasteiger partial charge in [-0.25, -0.2) is 4.98 Å². The van der Waals surface area contributed by atoms with Crippen molar-refractivity contribution >= 4 is 22.0 Å². The first kappa shape index (κ1) is 11.9. The predicted molar refractivity (Wildman–Crippen MR) is 82.3 cm³/mol. The number of nitrogens with zero attached hydrogens (tertiary/aromatic N) is 1. The number of hydrogen-bond acceptors (Lipinski definition) is 3. The molecule has 2 aromatic carbocycles. The number of aryl methyl sites for hydroxylation is 1. The minimum absolute atomic E-state index is 0.231. The van der Waals surface area contributed by atoms with Crippen molar-refractivity contribution in [3.63, 3.8) is 0 Å². The highest BCUT2D eigenvalue weighted by Crippen LogP contribution is 2.27. The topological polar surface area (TPSA) is 58.9 Å². The lowest BCUT2D eigenvalue weighted by molar-refractivity contribution is 0.623. The Morgan fingerprint density at radius 2 is 1.81 bits per heavy atom. The molecule has 1 N–H and O–H groups in total. The molecule has 0 fully saturated rings. The molecular weight excluding hydrogens is 264 g/mol. The summed E-state index contributed by atoms with van der Waals surface area (Å²) in [5, 5.41) is 0.859. The molecular formula is C17H12N2O2. The van der Waals surface area contributed by atoms with E-state index in [0.717, 1.165) is 22.0 Å². The van der Waals surface area contributed by atoms with Crippen molar-refractivity contribution in [2.75, 3.05) is 0 Å². The molecule has 4 aromatic rings. The van der Waals surface area contributed by atoms with Gasteiger partial charge >= 0.3 is 0 Å². The molecule has 0 unspecified atom stereocenters. The van der Waals surface area contributed by atoms with Crippen LogP contribution in [0, 0.1) is 6.92 Å². The molecule has 4 heteroatoms. The van der Waals surface area contributed by atoms with Gasteiger partial charge in [-0.05, 0) is 31.2 Å². The average molecular weight is 276 g/mol. The van der Waals surface area contributed by atoms with Gasteiger partial charge < -0.3 is 9.40 Å². The number of H-pyrrole nitrogens is 1. The number of para-hydroxylation sites is 1. The van der Waals surface area contributed by atoms with Crippen LogP contribution in [0.5, 0.6) is 0 Å². The Hall–Kier alpha value is -2.88. The Balaban J connectivity index is 2.05. The van der Waals surface area contributed by atoms with E-state index in [1.54, 1.807) is 0 Å². The largest absolute Gasteiger partial charge is 0.435 e. The highest BCUT2D eigenvalue weighted by Gasteiger charge is 2.14. The molecule has 21 heavy (non-hydrogen) atoms. The van der Waals surface area contributed by atoms with E-state index >= 15 is 0 Å². The summed E-state index contributed by atoms with van der Waals surface area (Å²) in [5.41, 5.74) is 3.42. The molecule has 2 heterocycles. The smallest absolute Gasteiger partial charge is 0.278 e. The quantitative estimate of drug-likeness (QED) is 0.577. The molecule has 0 bridgehead atoms. The van der Waals surface area contributed by atoms with Gasteiger partial charge in [-0.1, -0.05) is 29.8 Å². The van der Waals surface area contributed by atoms with Gasteiger partial charge in [0.15, 0.2) is 11.1 Å². The van der Waals surface area contributed by atoms with Crippen molar-refractivity contribution in [1.29, 1.82) is 0 Å². The van der Waals surface area contributed by atoms with E-state index in [4.69, 9.17) is 4.42 Å². The Morgan fingerprint density at radius 1 is 1.05 bits per heavy atom. The molecule has 0 radical (unpaired) electrons. The number of aromatic amines is 1. The van der Waals surface area contributed by atoms with Crippen molar-refractivity contribution in [3.05, 3.63) is 64.4 Å². The number of hydrogen-bond donors (Lipinski definition) is 1. The van der Waals surface area contributed by atoms with E-state index in [-0.39, 0.29) is 5.56 Å². The van der Waals surface area contributed by atoms with Gasteiger partial charge in [-0.2, -0.15) is 0 Å². The lowest BCUT2D eigenvalue weighted by Gasteiger charge is -1.96. The molecule has 0 spiro atoms. The summed E-state index contributed by atoms with van der Waals surface area (Å²) in [6, 6.07) is 15.4. The molecule has 0 aliphatic heterocycles. The van der Waals surface area contributed by atoms with Crippen molar-refractivity contribution in [1.82, 2.24) is 9.97 Å². The molecule has 0 aliphatic rings. The summed E-state index contributed by atoms with van der Waals surface area (Å²) >= 11 is 0. The van der Waals surface area contributed by atoms with Gasteiger partial charge in [-0.15, -0.1) is 0 Å². The Kier molecular flexibility index (Phi) is 2.44. The molecule has 102 valence electrons. The molecule has 0 saturated carbocycles. The van der Waals surface area contributed by atoms with Crippen LogP contribution in [0.4, 0.5) is 0 Å². The van der Waals surface area contributed by atoms with Gasteiger partial charge in [0, 0.05) is 10.9 Å². The van der Waals surface area contributed by atoms with Crippen LogP contribution in [0.2, 0.25) is 0 Å². The summed E-state index contributed by atoms with van der Waals surface area (Å²) in [5.74, 6) is 0.465. The fraction of sp³-hybridized carbons (Fsp3) is 0.0588. The van der Waals surface area contributed by atoms with Crippen LogP contribution in [-0.2, 0) is 0 Å². The van der Waals surface area contributed by atoms with Crippen molar-refractivity contribution in [2.45, 2.75) is 6.92 Å². The van der Waals surface area contributed by atoms with Crippen LogP contribution in [0.15, 0.2) is 57.7 Å². The fourth-order valence-electron chi connectivity index (χ4n) is 2.45. The van der Waals surface area contributed by atoms with Crippen LogP contribution in [0.25, 0.3) is 33.5 Å². The first-order chi connectivity index (χ1) is 10.2. The first-order valence-electron chi connectivity index (χ1n) is 6.71. The highest BCUT2D eigenvalue weighted by molar-refractivity contribution is 6.00. The third-order valence-corrected chi connectivity index (χ3v) is 3.56. The second-order valence-corrected chi connectivity index (χ2v) is 5.06. The zero-order chi connectivity index (χ0) is 14.4. The first-order valence-corrected chi connectivity index (χ1v) is 6.71. The van der Waals surface area contributed by atoms with Gasteiger partial charge in [0.1, 0.15) is 0 Å². The zero-order valence-corrected chi connectivity index (χ0v) is 11.4. The molecule has 0 saturated heterocycles. The summed E-state index contributed by atoms with van der Waals surface area (Å²) < 4.78 is 5.86. The van der Waals surface area contributed by atoms with Crippen LogP contribution in [0.3, 0.4) is 0 Å². The predicted octanol–water partition coefficient (Wildman–Crippen LogP) is 3.64. The zero-order valence-electron chi connectivity index (χ0n) is 11.4. The molecule has 0 amide bonds. The molecule has 2 aromatic heterocycles. The minimum atomic E-state index is -0.231. The number of fused-ring (bicyclic) bond motifs is 3. The summed E-state index contributed by atoms with van der Waals surface area (Å²) in [6.07, 6.45) is 0. The number of aromatic nitrogens is 2. The lowest BCUT2D eigenvalue weighted by Crippen LogP contribution is -2.05. The average Bonchev–Trinajstić information content (AvgIpc) is 2.94. The molecule has 4 rings (SSSR count). The Bertz CT molecular complexity index is 1010. The lowest BCUT2D eigenvalue weighted by atomic mass is 10.1. The van der Waals surface area contributed by atoms with E-state index in [1.807, 2.05) is 55.5 Å². The fourth-order valence-corrected chi connectivity index (χ4v) is 2.45. The number of rotatable bonds is 1. The summed E-state index contributed by atoms with van der Waals surface area (Å²) in [6.45, 7) is 2.02. The number of oxazole rings is 1. The maximum Gasteiger partial charge on any atom is 0.278 e. The van der Waals surface area contributed by atoms with Gasteiger partial charge in [0.25, 0.3) is 5.56 Å². The SMILES string of the molecule is Cc1ccc(-c2nc3c(=O)[nH]c4ccccc4c3o2)cc1. The maximum atomic E-state index is 12.1. The van der Waals surface area contributed by atoms with Crippen LogP contribution in [-0.4, -0.2) is 9.97 Å². The summed E-state index contributed by atoms with van der Waals surface area (Å²) in [7, 11) is 0. The van der Waals surface area contributed by atoms with Gasteiger partial charge in [0.2, 0.25) is 5.89 Å². The van der Waals surface area contributed by atoms with Crippen molar-refractivity contribution < 1.29 is 4.42 Å².